The summed E-state index contributed by atoms with van der Waals surface area (Å²) in [7, 11) is 5.64. The smallest absolute Gasteiger partial charge is 0.253 e. The number of likely N-dealkylation sites (N-methyl/N-ethyl adjacent to an activating group) is 1. The van der Waals surface area contributed by atoms with Gasteiger partial charge in [0.25, 0.3) is 5.91 Å². The summed E-state index contributed by atoms with van der Waals surface area (Å²) in [6, 6.07) is 10.3. The van der Waals surface area contributed by atoms with E-state index in [0.717, 1.165) is 49.3 Å². The van der Waals surface area contributed by atoms with Crippen molar-refractivity contribution < 1.29 is 4.79 Å². The molecule has 6 heteroatoms. The summed E-state index contributed by atoms with van der Waals surface area (Å²) in [6.07, 6.45) is 8.65. The maximum absolute atomic E-state index is 12.2. The van der Waals surface area contributed by atoms with Gasteiger partial charge in [-0.3, -0.25) is 14.7 Å². The zero-order chi connectivity index (χ0) is 29.6. The monoisotopic (exact) mass is 543 g/mol. The van der Waals surface area contributed by atoms with Crippen LogP contribution in [0.5, 0.6) is 0 Å². The Kier molecular flexibility index (Phi) is 10.9. The molecular weight excluding hydrogens is 494 g/mol. The minimum Gasteiger partial charge on any atom is -0.359 e. The Morgan fingerprint density at radius 3 is 2.30 bits per heavy atom. The summed E-state index contributed by atoms with van der Waals surface area (Å²) >= 11 is 0. The van der Waals surface area contributed by atoms with Gasteiger partial charge in [-0.05, 0) is 94.4 Å². The van der Waals surface area contributed by atoms with Crippen LogP contribution in [0.15, 0.2) is 59.4 Å². The fourth-order valence-electron chi connectivity index (χ4n) is 5.61. The fraction of sp³-hybridized carbons (Fsp3) is 0.471. The van der Waals surface area contributed by atoms with Crippen LogP contribution in [0.3, 0.4) is 0 Å². The van der Waals surface area contributed by atoms with E-state index in [1.54, 1.807) is 19.0 Å². The van der Waals surface area contributed by atoms with Gasteiger partial charge < -0.3 is 15.5 Å². The van der Waals surface area contributed by atoms with Gasteiger partial charge in [-0.15, -0.1) is 0 Å². The Hall–Kier alpha value is -3.22. The van der Waals surface area contributed by atoms with Crippen LogP contribution in [-0.4, -0.2) is 72.5 Å². The molecule has 1 unspecified atom stereocenters. The molecule has 1 aromatic heterocycles. The molecule has 4 rings (SSSR count). The van der Waals surface area contributed by atoms with Crippen molar-refractivity contribution in [2.45, 2.75) is 66.5 Å². The molecule has 0 saturated carbocycles. The van der Waals surface area contributed by atoms with E-state index < -0.39 is 0 Å². The molecular formula is C34H49N5O. The average Bonchev–Trinajstić information content (AvgIpc) is 2.96. The van der Waals surface area contributed by atoms with Gasteiger partial charge in [0.1, 0.15) is 0 Å². The van der Waals surface area contributed by atoms with Gasteiger partial charge in [0.2, 0.25) is 0 Å². The van der Waals surface area contributed by atoms with Gasteiger partial charge in [-0.1, -0.05) is 43.7 Å². The molecule has 6 nitrogen and oxygen atoms in total. The Morgan fingerprint density at radius 2 is 1.70 bits per heavy atom. The molecule has 0 radical (unpaired) electrons. The van der Waals surface area contributed by atoms with E-state index in [0.29, 0.717) is 5.92 Å². The molecule has 2 aromatic rings. The lowest BCUT2D eigenvalue weighted by Crippen LogP contribution is -2.41. The number of carbonyl (C=O) groups is 1. The van der Waals surface area contributed by atoms with Gasteiger partial charge in [0, 0.05) is 62.0 Å². The van der Waals surface area contributed by atoms with Gasteiger partial charge in [0.15, 0.2) is 0 Å². The lowest BCUT2D eigenvalue weighted by Gasteiger charge is -2.34. The summed E-state index contributed by atoms with van der Waals surface area (Å²) in [4.78, 5) is 23.1. The van der Waals surface area contributed by atoms with Gasteiger partial charge >= 0.3 is 0 Å². The summed E-state index contributed by atoms with van der Waals surface area (Å²) in [5.74, 6) is 0.600. The summed E-state index contributed by atoms with van der Waals surface area (Å²) in [6.45, 7) is 15.7. The van der Waals surface area contributed by atoms with E-state index in [1.807, 2.05) is 32.2 Å². The topological polar surface area (TPSA) is 65.7 Å². The number of hydrogen-bond donors (Lipinski definition) is 1. The Labute approximate surface area is 242 Å². The Bertz CT molecular complexity index is 1260. The molecule has 0 spiro atoms. The quantitative estimate of drug-likeness (QED) is 0.463. The molecule has 40 heavy (non-hydrogen) atoms. The summed E-state index contributed by atoms with van der Waals surface area (Å²) < 4.78 is 0. The first-order valence-corrected chi connectivity index (χ1v) is 14.6. The van der Waals surface area contributed by atoms with Crippen molar-refractivity contribution in [3.05, 3.63) is 87.4 Å². The molecule has 1 aromatic carbocycles. The van der Waals surface area contributed by atoms with Crippen LogP contribution >= 0.6 is 0 Å². The minimum atomic E-state index is -0.0798. The molecule has 2 N–H and O–H groups in total. The van der Waals surface area contributed by atoms with Gasteiger partial charge in [-0.2, -0.15) is 0 Å². The third kappa shape index (κ3) is 7.10. The van der Waals surface area contributed by atoms with E-state index in [-0.39, 0.29) is 12.1 Å². The van der Waals surface area contributed by atoms with Crippen molar-refractivity contribution in [3.8, 4) is 0 Å². The molecule has 1 fully saturated rings. The number of piperidine rings is 1. The van der Waals surface area contributed by atoms with Crippen LogP contribution < -0.4 is 5.73 Å². The minimum absolute atomic E-state index is 0.0531. The molecule has 1 atom stereocenters. The van der Waals surface area contributed by atoms with E-state index >= 15 is 0 Å². The molecule has 3 heterocycles. The first kappa shape index (κ1) is 31.3. The van der Waals surface area contributed by atoms with Crippen LogP contribution in [0.2, 0.25) is 0 Å². The number of rotatable bonds is 6. The first-order chi connectivity index (χ1) is 19.1. The van der Waals surface area contributed by atoms with Crippen molar-refractivity contribution >= 4 is 17.6 Å². The number of benzene rings is 1. The van der Waals surface area contributed by atoms with E-state index in [2.05, 4.69) is 79.9 Å². The molecule has 2 aliphatic heterocycles. The number of amides is 1. The highest BCUT2D eigenvalue weighted by Gasteiger charge is 2.24. The highest BCUT2D eigenvalue weighted by atomic mass is 16.2. The zero-order valence-corrected chi connectivity index (χ0v) is 26.1. The third-order valence-corrected chi connectivity index (χ3v) is 8.14. The van der Waals surface area contributed by atoms with E-state index in [4.69, 9.17) is 5.73 Å². The van der Waals surface area contributed by atoms with Crippen molar-refractivity contribution in [2.75, 3.05) is 40.8 Å². The normalized spacial score (nSPS) is 18.8. The second-order valence-electron chi connectivity index (χ2n) is 11.2. The first-order valence-electron chi connectivity index (χ1n) is 14.6. The number of aromatic nitrogens is 1. The summed E-state index contributed by atoms with van der Waals surface area (Å²) in [5, 5.41) is 0. The number of likely N-dealkylation sites (tertiary alicyclic amines) is 1. The highest BCUT2D eigenvalue weighted by Crippen LogP contribution is 2.33. The van der Waals surface area contributed by atoms with Crippen molar-refractivity contribution in [1.29, 1.82) is 0 Å². The van der Waals surface area contributed by atoms with Gasteiger partial charge in [-0.25, -0.2) is 0 Å². The van der Waals surface area contributed by atoms with Crippen molar-refractivity contribution in [3.63, 3.8) is 0 Å². The van der Waals surface area contributed by atoms with Gasteiger partial charge in [0.05, 0.1) is 6.17 Å². The Morgan fingerprint density at radius 1 is 1.07 bits per heavy atom. The SMILES string of the molecule is CC.CC1=CC(c2ccnc(C)c2/C=C(\C)CN2CCC(c3ccc(C(=O)N(C)C)cc3)CC2)=C(C)N(C)C1N. The second kappa shape index (κ2) is 13.9. The molecule has 216 valence electrons. The summed E-state index contributed by atoms with van der Waals surface area (Å²) in [5.41, 5.74) is 16.8. The standard InChI is InChI=1S/C32H43N5O.C2H6/c1-21(18-29-23(3)34-15-12-28(29)30-19-22(2)31(33)36(7)24(30)4)20-37-16-13-26(14-17-37)25-8-10-27(11-9-25)32(38)35(5)6;1-2/h8-12,15,18-19,26,31H,13-14,16-17,20,33H2,1-7H3;1-2H3/b21-18+;. The molecule has 1 saturated heterocycles. The third-order valence-electron chi connectivity index (χ3n) is 8.14. The number of carbonyl (C=O) groups excluding carboxylic acids is 1. The number of allylic oxidation sites excluding steroid dienone is 3. The van der Waals surface area contributed by atoms with Crippen molar-refractivity contribution in [1.82, 2.24) is 19.7 Å². The highest BCUT2D eigenvalue weighted by molar-refractivity contribution is 5.93. The zero-order valence-electron chi connectivity index (χ0n) is 26.1. The van der Waals surface area contributed by atoms with E-state index in [1.165, 1.54) is 33.5 Å². The fourth-order valence-corrected chi connectivity index (χ4v) is 5.61. The van der Waals surface area contributed by atoms with Crippen LogP contribution in [-0.2, 0) is 0 Å². The number of nitrogens with two attached hydrogens (primary N) is 1. The molecule has 0 aliphatic carbocycles. The van der Waals surface area contributed by atoms with Crippen molar-refractivity contribution in [2.24, 2.45) is 5.73 Å². The van der Waals surface area contributed by atoms with Crippen LogP contribution in [0.1, 0.15) is 86.1 Å². The van der Waals surface area contributed by atoms with Crippen LogP contribution in [0.4, 0.5) is 0 Å². The maximum atomic E-state index is 12.2. The number of pyridine rings is 1. The van der Waals surface area contributed by atoms with Crippen LogP contribution in [0, 0.1) is 6.92 Å². The molecule has 0 bridgehead atoms. The predicted molar refractivity (Wildman–Crippen MR) is 169 cm³/mol. The lowest BCUT2D eigenvalue weighted by atomic mass is 9.88. The average molecular weight is 544 g/mol. The molecule has 1 amide bonds. The number of nitrogens with zero attached hydrogens (tertiary/aromatic N) is 4. The lowest BCUT2D eigenvalue weighted by molar-refractivity contribution is 0.0827. The Balaban J connectivity index is 0.00000216. The largest absolute Gasteiger partial charge is 0.359 e. The predicted octanol–water partition coefficient (Wildman–Crippen LogP) is 6.31. The van der Waals surface area contributed by atoms with E-state index in [9.17, 15) is 4.79 Å². The molecule has 2 aliphatic rings. The number of hydrogen-bond acceptors (Lipinski definition) is 5. The van der Waals surface area contributed by atoms with Crippen LogP contribution in [0.25, 0.3) is 11.6 Å². The number of aryl methyl sites for hydroxylation is 1. The second-order valence-corrected chi connectivity index (χ2v) is 11.2. The maximum Gasteiger partial charge on any atom is 0.253 e.